The van der Waals surface area contributed by atoms with E-state index in [-0.39, 0.29) is 11.2 Å². The Bertz CT molecular complexity index is 1030. The summed E-state index contributed by atoms with van der Waals surface area (Å²) < 4.78 is 0.684. The molecule has 2 aliphatic rings. The predicted molar refractivity (Wildman–Crippen MR) is 113 cm³/mol. The molecule has 1 aromatic carbocycles. The van der Waals surface area contributed by atoms with Crippen LogP contribution >= 0.6 is 34.7 Å². The number of hydrazone groups is 2. The number of amidine groups is 1. The molecule has 11 heteroatoms. The van der Waals surface area contributed by atoms with Crippen LogP contribution in [0.2, 0.25) is 5.02 Å². The van der Waals surface area contributed by atoms with E-state index >= 15 is 0 Å². The van der Waals surface area contributed by atoms with Gasteiger partial charge in [0.2, 0.25) is 5.13 Å². The number of thioether (sulfide) groups is 1. The van der Waals surface area contributed by atoms with Gasteiger partial charge in [0, 0.05) is 23.6 Å². The molecule has 2 N–H and O–H groups in total. The molecule has 0 saturated heterocycles. The Balaban J connectivity index is 1.45. The molecule has 0 aliphatic carbocycles. The number of nitrogens with zero attached hydrogens (tertiary/aromatic N) is 5. The van der Waals surface area contributed by atoms with Crippen LogP contribution in [-0.2, 0) is 4.79 Å². The van der Waals surface area contributed by atoms with Crippen LogP contribution in [0.25, 0.3) is 0 Å². The van der Waals surface area contributed by atoms with Gasteiger partial charge in [0.1, 0.15) is 5.84 Å². The maximum atomic E-state index is 12.3. The maximum absolute atomic E-state index is 12.3. The number of hydrogen-bond acceptors (Lipinski definition) is 8. The lowest BCUT2D eigenvalue weighted by molar-refractivity contribution is -0.120. The molecular weight excluding hydrogens is 418 g/mol. The number of rotatable bonds is 4. The fourth-order valence-corrected chi connectivity index (χ4v) is 4.78. The number of hydrogen-bond donors (Lipinski definition) is 2. The topological polar surface area (TPSA) is 104 Å². The molecule has 1 aromatic heterocycles. The molecule has 0 fully saturated rings. The largest absolute Gasteiger partial charge is 0.272 e. The standard InChI is InChI=1S/C17H16ClN7OS2/c1-8-5-10(3-4-11(8)18)12-7-13(15(26)23-21-12)27-17-25-24-16(28-17)19-14-6-9(2)20-22-14/h3-5,13H,6-7H2,1-2H3,(H,23,26)(H,19,22,24). The number of amides is 1. The molecule has 0 saturated carbocycles. The Kier molecular flexibility index (Phi) is 5.42. The smallest absolute Gasteiger partial charge is 0.254 e. The summed E-state index contributed by atoms with van der Waals surface area (Å²) in [5.41, 5.74) is 9.17. The van der Waals surface area contributed by atoms with Crippen LogP contribution in [0, 0.1) is 6.92 Å². The summed E-state index contributed by atoms with van der Waals surface area (Å²) in [5.74, 6) is 0.595. The van der Waals surface area contributed by atoms with E-state index in [4.69, 9.17) is 11.6 Å². The molecule has 0 bridgehead atoms. The van der Waals surface area contributed by atoms with Gasteiger partial charge in [-0.05, 0) is 37.1 Å². The third-order valence-corrected chi connectivity index (χ3v) is 6.66. The van der Waals surface area contributed by atoms with Gasteiger partial charge in [-0.15, -0.1) is 10.2 Å². The number of aliphatic imine (C=N–C) groups is 1. The van der Waals surface area contributed by atoms with Gasteiger partial charge >= 0.3 is 0 Å². The molecule has 8 nitrogen and oxygen atoms in total. The normalized spacial score (nSPS) is 20.6. The zero-order chi connectivity index (χ0) is 19.7. The fourth-order valence-electron chi connectivity index (χ4n) is 2.69. The molecule has 2 aliphatic heterocycles. The van der Waals surface area contributed by atoms with E-state index in [9.17, 15) is 4.79 Å². The van der Waals surface area contributed by atoms with Gasteiger partial charge in [-0.1, -0.05) is 40.8 Å². The van der Waals surface area contributed by atoms with Gasteiger partial charge in [0.05, 0.1) is 11.0 Å². The number of carbonyl (C=O) groups excluding carboxylic acids is 1. The van der Waals surface area contributed by atoms with E-state index in [0.29, 0.717) is 27.3 Å². The molecule has 2 aromatic rings. The van der Waals surface area contributed by atoms with Crippen molar-refractivity contribution in [3.05, 3.63) is 34.3 Å². The first kappa shape index (κ1) is 19.0. The number of aryl methyl sites for hydroxylation is 1. The van der Waals surface area contributed by atoms with Gasteiger partial charge in [0.25, 0.3) is 5.91 Å². The van der Waals surface area contributed by atoms with Crippen molar-refractivity contribution in [2.75, 3.05) is 0 Å². The molecule has 1 unspecified atom stereocenters. The van der Waals surface area contributed by atoms with Crippen LogP contribution < -0.4 is 10.9 Å². The minimum Gasteiger partial charge on any atom is -0.272 e. The van der Waals surface area contributed by atoms with Crippen LogP contribution in [0.3, 0.4) is 0 Å². The number of halogens is 1. The highest BCUT2D eigenvalue weighted by molar-refractivity contribution is 8.02. The van der Waals surface area contributed by atoms with Crippen LogP contribution in [-0.4, -0.2) is 38.6 Å². The lowest BCUT2D eigenvalue weighted by Gasteiger charge is -2.20. The number of aromatic nitrogens is 2. The van der Waals surface area contributed by atoms with Gasteiger partial charge in [-0.3, -0.25) is 10.2 Å². The molecular formula is C17H16ClN7OS2. The molecule has 0 spiro atoms. The minimum atomic E-state index is -0.341. The first-order valence-electron chi connectivity index (χ1n) is 8.48. The molecule has 3 heterocycles. The summed E-state index contributed by atoms with van der Waals surface area (Å²) in [5, 5.41) is 17.4. The molecule has 4 rings (SSSR count). The third-order valence-electron chi connectivity index (χ3n) is 4.13. The molecule has 28 heavy (non-hydrogen) atoms. The van der Waals surface area contributed by atoms with Gasteiger partial charge in [0.15, 0.2) is 4.34 Å². The average molecular weight is 434 g/mol. The van der Waals surface area contributed by atoms with Gasteiger partial charge in [-0.2, -0.15) is 10.2 Å². The highest BCUT2D eigenvalue weighted by atomic mass is 35.5. The third kappa shape index (κ3) is 4.23. The zero-order valence-corrected chi connectivity index (χ0v) is 17.5. The van der Waals surface area contributed by atoms with E-state index < -0.39 is 0 Å². The second-order valence-electron chi connectivity index (χ2n) is 6.35. The summed E-state index contributed by atoms with van der Waals surface area (Å²) in [4.78, 5) is 16.7. The average Bonchev–Trinajstić information content (AvgIpc) is 3.28. The lowest BCUT2D eigenvalue weighted by Crippen LogP contribution is -2.36. The van der Waals surface area contributed by atoms with Gasteiger partial charge < -0.3 is 0 Å². The first-order valence-corrected chi connectivity index (χ1v) is 10.5. The highest BCUT2D eigenvalue weighted by Gasteiger charge is 2.28. The molecule has 1 atom stereocenters. The van der Waals surface area contributed by atoms with Crippen LogP contribution in [0.5, 0.6) is 0 Å². The maximum Gasteiger partial charge on any atom is 0.254 e. The SMILES string of the molecule is CC1=NN/C(=N\c2nnc(SC3CC(c4ccc(Cl)c(C)c4)=NNC3=O)s2)C1. The summed E-state index contributed by atoms with van der Waals surface area (Å²) in [7, 11) is 0. The number of nitrogens with one attached hydrogen (secondary N) is 2. The first-order chi connectivity index (χ1) is 13.5. The summed E-state index contributed by atoms with van der Waals surface area (Å²) >= 11 is 8.81. The quantitative estimate of drug-likeness (QED) is 0.769. The van der Waals surface area contributed by atoms with Gasteiger partial charge in [-0.25, -0.2) is 10.4 Å². The van der Waals surface area contributed by atoms with Crippen LogP contribution in [0.4, 0.5) is 5.13 Å². The van der Waals surface area contributed by atoms with E-state index in [1.165, 1.54) is 23.1 Å². The Morgan fingerprint density at radius 3 is 2.86 bits per heavy atom. The minimum absolute atomic E-state index is 0.149. The number of benzene rings is 1. The van der Waals surface area contributed by atoms with E-state index in [1.807, 2.05) is 32.0 Å². The fraction of sp³-hybridized carbons (Fsp3) is 0.294. The van der Waals surface area contributed by atoms with Crippen molar-refractivity contribution in [2.24, 2.45) is 15.2 Å². The van der Waals surface area contributed by atoms with E-state index in [0.717, 1.165) is 28.4 Å². The summed E-state index contributed by atoms with van der Waals surface area (Å²) in [6, 6.07) is 5.72. The molecule has 1 amide bonds. The van der Waals surface area contributed by atoms with Crippen molar-refractivity contribution in [2.45, 2.75) is 36.3 Å². The Labute approximate surface area is 174 Å². The Morgan fingerprint density at radius 1 is 1.25 bits per heavy atom. The second kappa shape index (κ2) is 7.98. The van der Waals surface area contributed by atoms with Crippen LogP contribution in [0.1, 0.15) is 30.9 Å². The number of carbonyl (C=O) groups is 1. The Morgan fingerprint density at radius 2 is 2.11 bits per heavy atom. The van der Waals surface area contributed by atoms with E-state index in [2.05, 4.69) is 36.2 Å². The van der Waals surface area contributed by atoms with Crippen molar-refractivity contribution in [3.63, 3.8) is 0 Å². The van der Waals surface area contributed by atoms with Crippen molar-refractivity contribution in [3.8, 4) is 0 Å². The van der Waals surface area contributed by atoms with Crippen molar-refractivity contribution in [1.82, 2.24) is 21.0 Å². The summed E-state index contributed by atoms with van der Waals surface area (Å²) in [6.45, 7) is 3.87. The molecule has 144 valence electrons. The van der Waals surface area contributed by atoms with Crippen LogP contribution in [0.15, 0.2) is 37.7 Å². The second-order valence-corrected chi connectivity index (χ2v) is 9.17. The van der Waals surface area contributed by atoms with Crippen molar-refractivity contribution >= 4 is 63.0 Å². The monoisotopic (exact) mass is 433 g/mol. The zero-order valence-electron chi connectivity index (χ0n) is 15.1. The molecule has 0 radical (unpaired) electrons. The predicted octanol–water partition coefficient (Wildman–Crippen LogP) is 3.28. The lowest BCUT2D eigenvalue weighted by atomic mass is 10.0. The highest BCUT2D eigenvalue weighted by Crippen LogP contribution is 2.33. The summed E-state index contributed by atoms with van der Waals surface area (Å²) in [6.07, 6.45) is 1.17. The van der Waals surface area contributed by atoms with Crippen molar-refractivity contribution in [1.29, 1.82) is 0 Å². The van der Waals surface area contributed by atoms with E-state index in [1.54, 1.807) is 0 Å². The Hall–Kier alpha value is -2.30. The van der Waals surface area contributed by atoms with Crippen molar-refractivity contribution < 1.29 is 4.79 Å².